The molecule has 1 aromatic heterocycles. The van der Waals surface area contributed by atoms with Crippen molar-refractivity contribution in [3.05, 3.63) is 84.1 Å². The van der Waals surface area contributed by atoms with E-state index in [1.165, 1.54) is 24.3 Å². The van der Waals surface area contributed by atoms with Gasteiger partial charge in [0.2, 0.25) is 5.88 Å². The summed E-state index contributed by atoms with van der Waals surface area (Å²) in [5.74, 6) is -0.635. The molecule has 11 nitrogen and oxygen atoms in total. The van der Waals surface area contributed by atoms with Crippen LogP contribution in [0.2, 0.25) is 0 Å². The van der Waals surface area contributed by atoms with Gasteiger partial charge in [0, 0.05) is 18.8 Å². The Morgan fingerprint density at radius 2 is 1.63 bits per heavy atom. The summed E-state index contributed by atoms with van der Waals surface area (Å²) in [5, 5.41) is 2.74. The Hall–Kier alpha value is -4.45. The molecule has 0 bridgehead atoms. The Morgan fingerprint density at radius 3 is 2.32 bits per heavy atom. The van der Waals surface area contributed by atoms with E-state index in [2.05, 4.69) is 10.3 Å². The first-order chi connectivity index (χ1) is 19.8. The SMILES string of the molecule is O=C(COc1ccccc1)NCCc1ccc(S(=O)(=O)NC(=O)c2ccc(OC(=O)OC3CCCCC3)nc2)cc1. The van der Waals surface area contributed by atoms with Crippen LogP contribution in [0.3, 0.4) is 0 Å². The number of amides is 2. The zero-order chi connectivity index (χ0) is 29.1. The second-order valence-corrected chi connectivity index (χ2v) is 11.1. The first-order valence-corrected chi connectivity index (χ1v) is 14.7. The molecule has 2 aromatic carbocycles. The second kappa shape index (κ2) is 14.3. The van der Waals surface area contributed by atoms with Crippen molar-refractivity contribution in [3.8, 4) is 11.6 Å². The number of rotatable bonds is 11. The van der Waals surface area contributed by atoms with Crippen molar-refractivity contribution in [2.24, 2.45) is 0 Å². The van der Waals surface area contributed by atoms with E-state index in [-0.39, 0.29) is 35.0 Å². The average Bonchev–Trinajstić information content (AvgIpc) is 2.97. The molecule has 0 radical (unpaired) electrons. The van der Waals surface area contributed by atoms with Gasteiger partial charge in [-0.3, -0.25) is 9.59 Å². The van der Waals surface area contributed by atoms with Crippen LogP contribution in [-0.2, 0) is 26.0 Å². The number of carbonyl (C=O) groups is 3. The molecule has 0 spiro atoms. The molecule has 2 N–H and O–H groups in total. The highest BCUT2D eigenvalue weighted by Crippen LogP contribution is 2.21. The van der Waals surface area contributed by atoms with E-state index in [1.807, 2.05) is 22.9 Å². The number of pyridine rings is 1. The third-order valence-corrected chi connectivity index (χ3v) is 7.66. The van der Waals surface area contributed by atoms with Gasteiger partial charge in [-0.05, 0) is 68.0 Å². The van der Waals surface area contributed by atoms with Crippen molar-refractivity contribution >= 4 is 28.0 Å². The molecule has 1 aliphatic carbocycles. The molecule has 1 heterocycles. The van der Waals surface area contributed by atoms with Gasteiger partial charge in [-0.25, -0.2) is 22.9 Å². The lowest BCUT2D eigenvalue weighted by atomic mass is 9.98. The highest BCUT2D eigenvalue weighted by molar-refractivity contribution is 7.90. The topological polar surface area (TPSA) is 150 Å². The first-order valence-electron chi connectivity index (χ1n) is 13.2. The minimum Gasteiger partial charge on any atom is -0.484 e. The fourth-order valence-corrected chi connectivity index (χ4v) is 5.12. The standard InChI is InChI=1S/C29H31N3O8S/c33-26(20-38-23-7-3-1-4-8-23)30-18-17-21-11-14-25(15-12-21)41(36,37)32-28(34)22-13-16-27(31-19-22)40-29(35)39-24-9-5-2-6-10-24/h1,3-4,7-8,11-16,19,24H,2,5-6,9-10,17-18,20H2,(H,30,33)(H,32,34). The zero-order valence-electron chi connectivity index (χ0n) is 22.3. The Bertz CT molecular complexity index is 1420. The predicted octanol–water partition coefficient (Wildman–Crippen LogP) is 3.79. The monoisotopic (exact) mass is 581 g/mol. The molecule has 0 saturated heterocycles. The van der Waals surface area contributed by atoms with Gasteiger partial charge >= 0.3 is 6.16 Å². The van der Waals surface area contributed by atoms with E-state index in [1.54, 1.807) is 24.3 Å². The quantitative estimate of drug-likeness (QED) is 0.323. The van der Waals surface area contributed by atoms with Crippen LogP contribution in [0.1, 0.15) is 48.0 Å². The van der Waals surface area contributed by atoms with E-state index < -0.39 is 22.1 Å². The van der Waals surface area contributed by atoms with Gasteiger partial charge in [0.25, 0.3) is 21.8 Å². The molecule has 1 aliphatic rings. The van der Waals surface area contributed by atoms with E-state index >= 15 is 0 Å². The fourth-order valence-electron chi connectivity index (χ4n) is 4.14. The lowest BCUT2D eigenvalue weighted by Crippen LogP contribution is -2.31. The number of sulfonamides is 1. The largest absolute Gasteiger partial charge is 0.515 e. The van der Waals surface area contributed by atoms with Crippen molar-refractivity contribution in [1.29, 1.82) is 0 Å². The van der Waals surface area contributed by atoms with Gasteiger partial charge in [0.15, 0.2) is 6.61 Å². The minimum atomic E-state index is -4.16. The summed E-state index contributed by atoms with van der Waals surface area (Å²) in [6, 6.07) is 17.5. The van der Waals surface area contributed by atoms with Crippen LogP contribution in [-0.4, -0.2) is 50.6 Å². The number of nitrogens with one attached hydrogen (secondary N) is 2. The maximum atomic E-state index is 12.7. The zero-order valence-corrected chi connectivity index (χ0v) is 23.1. The molecule has 216 valence electrons. The van der Waals surface area contributed by atoms with Crippen LogP contribution in [0.4, 0.5) is 4.79 Å². The van der Waals surface area contributed by atoms with E-state index in [0.717, 1.165) is 43.9 Å². The number of para-hydroxylation sites is 1. The van der Waals surface area contributed by atoms with Gasteiger partial charge in [0.05, 0.1) is 10.5 Å². The van der Waals surface area contributed by atoms with Gasteiger partial charge in [-0.1, -0.05) is 36.8 Å². The molecular formula is C29H31N3O8S. The van der Waals surface area contributed by atoms with Crippen molar-refractivity contribution in [2.45, 2.75) is 49.5 Å². The smallest absolute Gasteiger partial charge is 0.484 e. The van der Waals surface area contributed by atoms with E-state index in [0.29, 0.717) is 18.7 Å². The third-order valence-electron chi connectivity index (χ3n) is 6.31. The summed E-state index contributed by atoms with van der Waals surface area (Å²) in [4.78, 5) is 40.3. The maximum Gasteiger partial charge on any atom is 0.515 e. The summed E-state index contributed by atoms with van der Waals surface area (Å²) in [5.41, 5.74) is 0.756. The Kier molecular flexibility index (Phi) is 10.3. The molecule has 0 atom stereocenters. The summed E-state index contributed by atoms with van der Waals surface area (Å²) in [6.07, 6.45) is 5.24. The molecule has 12 heteroatoms. The Balaban J connectivity index is 1.21. The Morgan fingerprint density at radius 1 is 0.902 bits per heavy atom. The van der Waals surface area contributed by atoms with Crippen molar-refractivity contribution < 1.29 is 37.0 Å². The van der Waals surface area contributed by atoms with E-state index in [9.17, 15) is 22.8 Å². The van der Waals surface area contributed by atoms with Gasteiger partial charge in [0.1, 0.15) is 11.9 Å². The summed E-state index contributed by atoms with van der Waals surface area (Å²) < 4.78 is 43.1. The lowest BCUT2D eigenvalue weighted by Gasteiger charge is -2.20. The van der Waals surface area contributed by atoms with Crippen LogP contribution < -0.4 is 19.5 Å². The van der Waals surface area contributed by atoms with Crippen LogP contribution in [0.25, 0.3) is 0 Å². The van der Waals surface area contributed by atoms with Crippen molar-refractivity contribution in [2.75, 3.05) is 13.2 Å². The molecule has 1 fully saturated rings. The lowest BCUT2D eigenvalue weighted by molar-refractivity contribution is -0.123. The van der Waals surface area contributed by atoms with Crippen molar-refractivity contribution in [3.63, 3.8) is 0 Å². The van der Waals surface area contributed by atoms with Crippen LogP contribution in [0.5, 0.6) is 11.6 Å². The number of carbonyl (C=O) groups excluding carboxylic acids is 3. The molecule has 0 unspecified atom stereocenters. The number of hydrogen-bond acceptors (Lipinski definition) is 9. The van der Waals surface area contributed by atoms with Gasteiger partial charge < -0.3 is 19.5 Å². The average molecular weight is 582 g/mol. The van der Waals surface area contributed by atoms with Crippen LogP contribution >= 0.6 is 0 Å². The molecule has 0 aliphatic heterocycles. The molecule has 41 heavy (non-hydrogen) atoms. The summed E-state index contributed by atoms with van der Waals surface area (Å²) in [7, 11) is -4.16. The number of hydrogen-bond donors (Lipinski definition) is 2. The van der Waals surface area contributed by atoms with E-state index in [4.69, 9.17) is 14.2 Å². The van der Waals surface area contributed by atoms with Crippen LogP contribution in [0.15, 0.2) is 77.8 Å². The molecule has 3 aromatic rings. The molecular weight excluding hydrogens is 550 g/mol. The highest BCUT2D eigenvalue weighted by Gasteiger charge is 2.21. The predicted molar refractivity (Wildman–Crippen MR) is 148 cm³/mol. The summed E-state index contributed by atoms with van der Waals surface area (Å²) >= 11 is 0. The van der Waals surface area contributed by atoms with Gasteiger partial charge in [-0.15, -0.1) is 0 Å². The van der Waals surface area contributed by atoms with Gasteiger partial charge in [-0.2, -0.15) is 0 Å². The normalized spacial score (nSPS) is 13.6. The number of ether oxygens (including phenoxy) is 3. The highest BCUT2D eigenvalue weighted by atomic mass is 32.2. The molecule has 2 amide bonds. The molecule has 4 rings (SSSR count). The second-order valence-electron chi connectivity index (χ2n) is 9.40. The number of benzene rings is 2. The van der Waals surface area contributed by atoms with Crippen molar-refractivity contribution in [1.82, 2.24) is 15.0 Å². The third kappa shape index (κ3) is 9.31. The summed E-state index contributed by atoms with van der Waals surface area (Å²) in [6.45, 7) is 0.226. The first kappa shape index (κ1) is 29.5. The minimum absolute atomic E-state index is 0.0369. The number of aromatic nitrogens is 1. The fraction of sp³-hybridized carbons (Fsp3) is 0.310. The molecule has 1 saturated carbocycles. The maximum absolute atomic E-state index is 12.7. The Labute approximate surface area is 238 Å². The number of nitrogens with zero attached hydrogens (tertiary/aromatic N) is 1. The van der Waals surface area contributed by atoms with Crippen LogP contribution in [0, 0.1) is 0 Å².